The Balaban J connectivity index is 1.13. The molecule has 1 amide bonds. The number of aromatic nitrogens is 2. The third kappa shape index (κ3) is 7.73. The summed E-state index contributed by atoms with van der Waals surface area (Å²) in [5, 5.41) is 14.1. The van der Waals surface area contributed by atoms with E-state index in [2.05, 4.69) is 21.3 Å². The Kier molecular flexibility index (Phi) is 8.79. The number of thiazole rings is 2. The van der Waals surface area contributed by atoms with E-state index in [1.807, 2.05) is 27.0 Å². The van der Waals surface area contributed by atoms with Crippen LogP contribution in [0.5, 0.6) is 5.19 Å². The Bertz CT molecular complexity index is 1010. The molecule has 9 heteroatoms. The lowest BCUT2D eigenvalue weighted by molar-refractivity contribution is -0.121. The lowest BCUT2D eigenvalue weighted by Crippen LogP contribution is -2.38. The van der Waals surface area contributed by atoms with Crippen molar-refractivity contribution in [3.05, 3.63) is 26.7 Å². The van der Waals surface area contributed by atoms with Gasteiger partial charge >= 0.3 is 0 Å². The minimum Gasteiger partial charge on any atom is -0.468 e. The Morgan fingerprint density at radius 3 is 2.74 bits per heavy atom. The maximum atomic E-state index is 12.4. The first-order valence-corrected chi connectivity index (χ1v) is 14.4. The number of amides is 1. The van der Waals surface area contributed by atoms with Gasteiger partial charge in [0, 0.05) is 41.5 Å². The van der Waals surface area contributed by atoms with Gasteiger partial charge in [0.1, 0.15) is 6.61 Å². The van der Waals surface area contributed by atoms with Crippen LogP contribution in [0.25, 0.3) is 0 Å². The fourth-order valence-corrected chi connectivity index (χ4v) is 6.57. The quantitative estimate of drug-likeness (QED) is 0.527. The van der Waals surface area contributed by atoms with E-state index in [0.717, 1.165) is 61.1 Å². The predicted molar refractivity (Wildman–Crippen MR) is 140 cm³/mol. The standard InChI is InChI=1S/C26H37N5O2S2/c1-18-28-15-21(34-18)14-24(32)29-20-6-4-19(5-7-20)8-11-31-12-9-22-23(10-13-31)35-25(30-22)33-17-26(2,3)16-27/h15,19-20H,4-14,17H2,1-3H3,(H,29,32)/t19-,20-. The van der Waals surface area contributed by atoms with Crippen LogP contribution in [0.1, 0.15) is 66.4 Å². The van der Waals surface area contributed by atoms with E-state index in [4.69, 9.17) is 9.72 Å². The van der Waals surface area contributed by atoms with Crippen LogP contribution in [0.2, 0.25) is 0 Å². The number of nitrogens with zero attached hydrogens (tertiary/aromatic N) is 4. The molecule has 1 aliphatic heterocycles. The Labute approximate surface area is 216 Å². The van der Waals surface area contributed by atoms with Crippen LogP contribution in [0.4, 0.5) is 0 Å². The summed E-state index contributed by atoms with van der Waals surface area (Å²) in [6.07, 6.45) is 10.1. The monoisotopic (exact) mass is 515 g/mol. The van der Waals surface area contributed by atoms with Crippen LogP contribution in [-0.2, 0) is 24.1 Å². The second-order valence-corrected chi connectivity index (χ2v) is 12.9. The van der Waals surface area contributed by atoms with E-state index in [1.165, 1.54) is 29.8 Å². The average Bonchev–Trinajstić information content (AvgIpc) is 3.38. The van der Waals surface area contributed by atoms with Gasteiger partial charge in [0.15, 0.2) is 0 Å². The maximum Gasteiger partial charge on any atom is 0.273 e. The third-order valence-electron chi connectivity index (χ3n) is 7.01. The molecule has 1 saturated carbocycles. The number of rotatable bonds is 9. The Hall–Kier alpha value is -2.02. The van der Waals surface area contributed by atoms with Gasteiger partial charge in [0.05, 0.1) is 28.6 Å². The van der Waals surface area contributed by atoms with Crippen LogP contribution in [0, 0.1) is 29.6 Å². The molecule has 0 bridgehead atoms. The fraction of sp³-hybridized carbons (Fsp3) is 0.692. The van der Waals surface area contributed by atoms with Crippen LogP contribution >= 0.6 is 22.7 Å². The molecule has 0 saturated heterocycles. The summed E-state index contributed by atoms with van der Waals surface area (Å²) >= 11 is 3.25. The zero-order valence-electron chi connectivity index (χ0n) is 21.1. The van der Waals surface area contributed by atoms with E-state index in [-0.39, 0.29) is 5.91 Å². The van der Waals surface area contributed by atoms with Crippen molar-refractivity contribution in [3.8, 4) is 11.3 Å². The molecule has 1 aliphatic carbocycles. The molecule has 0 atom stereocenters. The van der Waals surface area contributed by atoms with Crippen molar-refractivity contribution in [2.45, 2.75) is 78.2 Å². The largest absolute Gasteiger partial charge is 0.468 e. The van der Waals surface area contributed by atoms with Gasteiger partial charge in [-0.25, -0.2) is 9.97 Å². The number of nitriles is 1. The minimum atomic E-state index is -0.494. The second-order valence-electron chi connectivity index (χ2n) is 10.6. The van der Waals surface area contributed by atoms with Crippen LogP contribution in [-0.4, -0.2) is 53.1 Å². The Morgan fingerprint density at radius 2 is 2.03 bits per heavy atom. The summed E-state index contributed by atoms with van der Waals surface area (Å²) in [7, 11) is 0. The van der Waals surface area contributed by atoms with E-state index >= 15 is 0 Å². The first-order chi connectivity index (χ1) is 16.8. The molecular formula is C26H37N5O2S2. The molecule has 1 N–H and O–H groups in total. The molecule has 35 heavy (non-hydrogen) atoms. The van der Waals surface area contributed by atoms with E-state index in [0.29, 0.717) is 24.3 Å². The molecule has 4 rings (SSSR count). The molecule has 3 heterocycles. The topological polar surface area (TPSA) is 91.1 Å². The molecule has 7 nitrogen and oxygen atoms in total. The van der Waals surface area contributed by atoms with Crippen molar-refractivity contribution >= 4 is 28.6 Å². The average molecular weight is 516 g/mol. The van der Waals surface area contributed by atoms with Crippen molar-refractivity contribution in [3.63, 3.8) is 0 Å². The summed E-state index contributed by atoms with van der Waals surface area (Å²) in [4.78, 5) is 26.3. The number of hydrogen-bond acceptors (Lipinski definition) is 8. The van der Waals surface area contributed by atoms with Gasteiger partial charge in [0.25, 0.3) is 5.19 Å². The lowest BCUT2D eigenvalue weighted by Gasteiger charge is -2.30. The number of carbonyl (C=O) groups excluding carboxylic acids is 1. The summed E-state index contributed by atoms with van der Waals surface area (Å²) in [6.45, 7) is 9.37. The molecule has 2 aliphatic rings. The summed E-state index contributed by atoms with van der Waals surface area (Å²) in [6, 6.07) is 2.60. The SMILES string of the molecule is Cc1ncc(CC(=O)N[C@H]2CC[C@H](CCN3CCc4nc(OCC(C)(C)C#N)sc4CC3)CC2)s1. The fourth-order valence-electron chi connectivity index (χ4n) is 4.83. The van der Waals surface area contributed by atoms with Crippen molar-refractivity contribution < 1.29 is 9.53 Å². The molecule has 0 spiro atoms. The number of ether oxygens (including phenoxy) is 1. The maximum absolute atomic E-state index is 12.4. The highest BCUT2D eigenvalue weighted by molar-refractivity contribution is 7.13. The second kappa shape index (κ2) is 11.8. The highest BCUT2D eigenvalue weighted by Crippen LogP contribution is 2.31. The lowest BCUT2D eigenvalue weighted by atomic mass is 9.84. The molecular weight excluding hydrogens is 478 g/mol. The first-order valence-electron chi connectivity index (χ1n) is 12.8. The predicted octanol–water partition coefficient (Wildman–Crippen LogP) is 4.55. The van der Waals surface area contributed by atoms with E-state index in [9.17, 15) is 10.1 Å². The zero-order chi connectivity index (χ0) is 24.8. The molecule has 2 aromatic rings. The molecule has 2 aromatic heterocycles. The van der Waals surface area contributed by atoms with Crippen molar-refractivity contribution in [1.29, 1.82) is 5.26 Å². The van der Waals surface area contributed by atoms with Crippen LogP contribution in [0.15, 0.2) is 6.20 Å². The zero-order valence-corrected chi connectivity index (χ0v) is 22.8. The van der Waals surface area contributed by atoms with Crippen LogP contribution in [0.3, 0.4) is 0 Å². The molecule has 190 valence electrons. The molecule has 0 radical (unpaired) electrons. The number of fused-ring (bicyclic) bond motifs is 1. The van der Waals surface area contributed by atoms with Gasteiger partial charge in [-0.1, -0.05) is 11.3 Å². The van der Waals surface area contributed by atoms with Gasteiger partial charge in [0.2, 0.25) is 5.91 Å². The number of nitrogens with one attached hydrogen (secondary N) is 1. The number of carbonyl (C=O) groups is 1. The Morgan fingerprint density at radius 1 is 1.26 bits per heavy atom. The van der Waals surface area contributed by atoms with Gasteiger partial charge in [-0.3, -0.25) is 4.79 Å². The van der Waals surface area contributed by atoms with Crippen molar-refractivity contribution in [2.75, 3.05) is 26.2 Å². The first kappa shape index (κ1) is 26.1. The molecule has 0 aromatic carbocycles. The number of aryl methyl sites for hydroxylation is 1. The van der Waals surface area contributed by atoms with E-state index < -0.39 is 5.41 Å². The summed E-state index contributed by atoms with van der Waals surface area (Å²) in [5.41, 5.74) is 0.679. The number of hydrogen-bond donors (Lipinski definition) is 1. The van der Waals surface area contributed by atoms with Gasteiger partial charge in [-0.2, -0.15) is 5.26 Å². The van der Waals surface area contributed by atoms with Crippen molar-refractivity contribution in [2.24, 2.45) is 11.3 Å². The molecule has 0 unspecified atom stereocenters. The van der Waals surface area contributed by atoms with Crippen molar-refractivity contribution in [1.82, 2.24) is 20.2 Å². The smallest absolute Gasteiger partial charge is 0.273 e. The normalized spacial score (nSPS) is 21.1. The van der Waals surface area contributed by atoms with Gasteiger partial charge < -0.3 is 15.0 Å². The minimum absolute atomic E-state index is 0.130. The van der Waals surface area contributed by atoms with E-state index in [1.54, 1.807) is 22.7 Å². The highest BCUT2D eigenvalue weighted by Gasteiger charge is 2.25. The van der Waals surface area contributed by atoms with Gasteiger partial charge in [-0.15, -0.1) is 11.3 Å². The highest BCUT2D eigenvalue weighted by atomic mass is 32.1. The summed E-state index contributed by atoms with van der Waals surface area (Å²) in [5.74, 6) is 0.885. The van der Waals surface area contributed by atoms with Gasteiger partial charge in [-0.05, 0) is 71.8 Å². The van der Waals surface area contributed by atoms with Crippen LogP contribution < -0.4 is 10.1 Å². The molecule has 1 fully saturated rings. The summed E-state index contributed by atoms with van der Waals surface area (Å²) < 4.78 is 5.81. The third-order valence-corrected chi connectivity index (χ3v) is 8.99.